The van der Waals surface area contributed by atoms with Crippen molar-refractivity contribution in [2.24, 2.45) is 0 Å². The maximum atomic E-state index is 9.16. The van der Waals surface area contributed by atoms with E-state index in [0.29, 0.717) is 5.75 Å². The molecule has 0 saturated carbocycles. The Morgan fingerprint density at radius 1 is 0.706 bits per heavy atom. The highest BCUT2D eigenvalue weighted by Crippen LogP contribution is 2.10. The van der Waals surface area contributed by atoms with Gasteiger partial charge in [0, 0.05) is 0 Å². The molecule has 0 heterocycles. The lowest BCUT2D eigenvalue weighted by Crippen LogP contribution is -1.82. The first kappa shape index (κ1) is 11.5. The van der Waals surface area contributed by atoms with E-state index in [4.69, 9.17) is 5.11 Å². The molecule has 86 valence electrons. The summed E-state index contributed by atoms with van der Waals surface area (Å²) in [4.78, 5) is 0. The Hall–Kier alpha value is -2.02. The Morgan fingerprint density at radius 3 is 1.82 bits per heavy atom. The molecule has 0 atom stereocenters. The summed E-state index contributed by atoms with van der Waals surface area (Å²) in [5.74, 6) is 0.321. The van der Waals surface area contributed by atoms with Crippen LogP contribution in [0.3, 0.4) is 0 Å². The van der Waals surface area contributed by atoms with E-state index in [0.717, 1.165) is 12.8 Å². The zero-order chi connectivity index (χ0) is 11.9. The molecule has 2 aromatic carbocycles. The number of benzene rings is 2. The highest BCUT2D eigenvalue weighted by molar-refractivity contribution is 5.27. The van der Waals surface area contributed by atoms with Crippen molar-refractivity contribution in [3.8, 4) is 5.75 Å². The highest BCUT2D eigenvalue weighted by Gasteiger charge is 1.90. The lowest BCUT2D eigenvalue weighted by Gasteiger charge is -1.97. The maximum absolute atomic E-state index is 9.16. The van der Waals surface area contributed by atoms with Gasteiger partial charge in [0.1, 0.15) is 5.75 Å². The molecule has 0 bridgehead atoms. The maximum Gasteiger partial charge on any atom is 0.115 e. The largest absolute Gasteiger partial charge is 0.508 e. The van der Waals surface area contributed by atoms with Gasteiger partial charge in [-0.2, -0.15) is 0 Å². The van der Waals surface area contributed by atoms with E-state index in [1.165, 1.54) is 11.1 Å². The summed E-state index contributed by atoms with van der Waals surface area (Å²) >= 11 is 0. The van der Waals surface area contributed by atoms with Gasteiger partial charge in [-0.3, -0.25) is 0 Å². The predicted octanol–water partition coefficient (Wildman–Crippen LogP) is 3.73. The summed E-state index contributed by atoms with van der Waals surface area (Å²) in [6, 6.07) is 17.7. The number of phenolic OH excluding ortho intramolecular Hbond substituents is 1. The second kappa shape index (κ2) is 5.90. The van der Waals surface area contributed by atoms with E-state index >= 15 is 0 Å². The van der Waals surface area contributed by atoms with E-state index in [2.05, 4.69) is 36.4 Å². The van der Waals surface area contributed by atoms with Crippen LogP contribution in [0.5, 0.6) is 5.75 Å². The lowest BCUT2D eigenvalue weighted by molar-refractivity contribution is 0.475. The van der Waals surface area contributed by atoms with Crippen LogP contribution in [-0.2, 0) is 12.8 Å². The van der Waals surface area contributed by atoms with Gasteiger partial charge in [0.15, 0.2) is 0 Å². The Balaban J connectivity index is 1.84. The fourth-order valence-electron chi connectivity index (χ4n) is 1.68. The Kier molecular flexibility index (Phi) is 3.98. The summed E-state index contributed by atoms with van der Waals surface area (Å²) in [5, 5.41) is 9.16. The first-order valence-electron chi connectivity index (χ1n) is 5.81. The van der Waals surface area contributed by atoms with Gasteiger partial charge in [-0.25, -0.2) is 0 Å². The molecule has 0 unspecified atom stereocenters. The molecule has 0 fully saturated rings. The molecule has 17 heavy (non-hydrogen) atoms. The van der Waals surface area contributed by atoms with Crippen LogP contribution in [0, 0.1) is 0 Å². The van der Waals surface area contributed by atoms with Gasteiger partial charge in [0.25, 0.3) is 0 Å². The zero-order valence-electron chi connectivity index (χ0n) is 9.71. The van der Waals surface area contributed by atoms with Crippen molar-refractivity contribution in [2.75, 3.05) is 0 Å². The van der Waals surface area contributed by atoms with Crippen LogP contribution >= 0.6 is 0 Å². The van der Waals surface area contributed by atoms with Crippen LogP contribution in [0.15, 0.2) is 66.7 Å². The van der Waals surface area contributed by atoms with Crippen molar-refractivity contribution in [1.29, 1.82) is 0 Å². The number of phenols is 1. The van der Waals surface area contributed by atoms with Crippen molar-refractivity contribution < 1.29 is 5.11 Å². The summed E-state index contributed by atoms with van der Waals surface area (Å²) < 4.78 is 0. The van der Waals surface area contributed by atoms with Gasteiger partial charge < -0.3 is 5.11 Å². The predicted molar refractivity (Wildman–Crippen MR) is 71.1 cm³/mol. The molecule has 0 amide bonds. The third-order valence-electron chi connectivity index (χ3n) is 2.65. The average molecular weight is 224 g/mol. The van der Waals surface area contributed by atoms with Crippen molar-refractivity contribution >= 4 is 0 Å². The SMILES string of the molecule is Oc1ccc(CC=CCc2ccccc2)cc1. The van der Waals surface area contributed by atoms with Crippen LogP contribution in [0.25, 0.3) is 0 Å². The minimum absolute atomic E-state index is 0.321. The molecule has 0 aliphatic carbocycles. The van der Waals surface area contributed by atoms with Crippen LogP contribution in [-0.4, -0.2) is 5.11 Å². The standard InChI is InChI=1S/C16H16O/c17-16-12-10-15(11-13-16)9-5-4-8-14-6-2-1-3-7-14/h1-7,10-13,17H,8-9H2. The van der Waals surface area contributed by atoms with E-state index in [-0.39, 0.29) is 0 Å². The quantitative estimate of drug-likeness (QED) is 0.784. The van der Waals surface area contributed by atoms with Crippen LogP contribution in [0.4, 0.5) is 0 Å². The van der Waals surface area contributed by atoms with Crippen molar-refractivity contribution in [3.63, 3.8) is 0 Å². The molecule has 1 heteroatoms. The third kappa shape index (κ3) is 3.80. The van der Waals surface area contributed by atoms with Gasteiger partial charge in [0.2, 0.25) is 0 Å². The fraction of sp³-hybridized carbons (Fsp3) is 0.125. The monoisotopic (exact) mass is 224 g/mol. The highest BCUT2D eigenvalue weighted by atomic mass is 16.3. The number of rotatable bonds is 4. The molecule has 0 radical (unpaired) electrons. The molecule has 1 N–H and O–H groups in total. The zero-order valence-corrected chi connectivity index (χ0v) is 9.71. The Bertz CT molecular complexity index is 469. The number of allylic oxidation sites excluding steroid dienone is 2. The van der Waals surface area contributed by atoms with Gasteiger partial charge in [0.05, 0.1) is 0 Å². The molecule has 0 saturated heterocycles. The first-order valence-corrected chi connectivity index (χ1v) is 5.81. The summed E-state index contributed by atoms with van der Waals surface area (Å²) in [7, 11) is 0. The Labute approximate surface area is 102 Å². The van der Waals surface area contributed by atoms with Crippen LogP contribution in [0.2, 0.25) is 0 Å². The van der Waals surface area contributed by atoms with Gasteiger partial charge >= 0.3 is 0 Å². The number of hydrogen-bond acceptors (Lipinski definition) is 1. The van der Waals surface area contributed by atoms with Gasteiger partial charge in [-0.1, -0.05) is 54.6 Å². The minimum atomic E-state index is 0.321. The summed E-state index contributed by atoms with van der Waals surface area (Å²) in [6.07, 6.45) is 6.23. The molecule has 2 aromatic rings. The third-order valence-corrected chi connectivity index (χ3v) is 2.65. The van der Waals surface area contributed by atoms with Crippen LogP contribution < -0.4 is 0 Å². The average Bonchev–Trinajstić information content (AvgIpc) is 2.38. The molecule has 2 rings (SSSR count). The molecule has 0 aromatic heterocycles. The second-order valence-corrected chi connectivity index (χ2v) is 4.03. The van der Waals surface area contributed by atoms with E-state index in [1.807, 2.05) is 18.2 Å². The normalized spacial score (nSPS) is 10.8. The molecule has 0 aliphatic heterocycles. The molecule has 1 nitrogen and oxygen atoms in total. The van der Waals surface area contributed by atoms with E-state index < -0.39 is 0 Å². The van der Waals surface area contributed by atoms with Crippen LogP contribution in [0.1, 0.15) is 11.1 Å². The van der Waals surface area contributed by atoms with Gasteiger partial charge in [-0.15, -0.1) is 0 Å². The summed E-state index contributed by atoms with van der Waals surface area (Å²) in [6.45, 7) is 0. The van der Waals surface area contributed by atoms with Crippen molar-refractivity contribution in [1.82, 2.24) is 0 Å². The first-order chi connectivity index (χ1) is 8.34. The summed E-state index contributed by atoms with van der Waals surface area (Å²) in [5.41, 5.74) is 2.54. The molecular formula is C16H16O. The fourth-order valence-corrected chi connectivity index (χ4v) is 1.68. The van der Waals surface area contributed by atoms with Crippen molar-refractivity contribution in [2.45, 2.75) is 12.8 Å². The molecule has 0 aliphatic rings. The molecule has 0 spiro atoms. The van der Waals surface area contributed by atoms with Crippen molar-refractivity contribution in [3.05, 3.63) is 77.9 Å². The minimum Gasteiger partial charge on any atom is -0.508 e. The number of aromatic hydroxyl groups is 1. The van der Waals surface area contributed by atoms with Gasteiger partial charge in [-0.05, 0) is 36.1 Å². The second-order valence-electron chi connectivity index (χ2n) is 4.03. The Morgan fingerprint density at radius 2 is 1.24 bits per heavy atom. The lowest BCUT2D eigenvalue weighted by atomic mass is 10.1. The topological polar surface area (TPSA) is 20.2 Å². The molecular weight excluding hydrogens is 208 g/mol. The number of hydrogen-bond donors (Lipinski definition) is 1. The van der Waals surface area contributed by atoms with E-state index in [9.17, 15) is 0 Å². The smallest absolute Gasteiger partial charge is 0.115 e. The van der Waals surface area contributed by atoms with E-state index in [1.54, 1.807) is 12.1 Å².